The zero-order valence-corrected chi connectivity index (χ0v) is 10.1. The van der Waals surface area contributed by atoms with E-state index in [1.54, 1.807) is 6.92 Å². The molecule has 1 nitrogen and oxygen atoms in total. The fourth-order valence-corrected chi connectivity index (χ4v) is 1.59. The first-order chi connectivity index (χ1) is 6.88. The summed E-state index contributed by atoms with van der Waals surface area (Å²) in [6, 6.07) is 3.33. The molecule has 0 saturated carbocycles. The molecule has 1 aromatic rings. The molecule has 0 aromatic heterocycles. The molecule has 0 saturated heterocycles. The van der Waals surface area contributed by atoms with Gasteiger partial charge in [0.1, 0.15) is 11.6 Å². The quantitative estimate of drug-likeness (QED) is 0.720. The van der Waals surface area contributed by atoms with Crippen molar-refractivity contribution < 1.29 is 9.13 Å². The maximum Gasteiger partial charge on any atom is 0.129 e. The number of halogens is 1. The predicted molar refractivity (Wildman–Crippen MR) is 61.0 cm³/mol. The molecule has 1 rings (SSSR count). The Labute approximate surface area is 91.3 Å². The highest BCUT2D eigenvalue weighted by atomic mass is 19.1. The Hall–Kier alpha value is -1.05. The van der Waals surface area contributed by atoms with Crippen molar-refractivity contribution in [3.8, 4) is 5.75 Å². The van der Waals surface area contributed by atoms with Crippen LogP contribution in [0.4, 0.5) is 4.39 Å². The largest absolute Gasteiger partial charge is 0.493 e. The highest BCUT2D eigenvalue weighted by Crippen LogP contribution is 2.34. The lowest BCUT2D eigenvalue weighted by atomic mass is 9.85. The van der Waals surface area contributed by atoms with Crippen molar-refractivity contribution in [2.75, 3.05) is 6.61 Å². The molecule has 0 heterocycles. The van der Waals surface area contributed by atoms with Crippen LogP contribution in [0.1, 0.15) is 38.8 Å². The van der Waals surface area contributed by atoms with E-state index in [9.17, 15) is 4.39 Å². The zero-order chi connectivity index (χ0) is 11.6. The van der Waals surface area contributed by atoms with Crippen molar-refractivity contribution in [1.82, 2.24) is 0 Å². The van der Waals surface area contributed by atoms with Crippen LogP contribution in [0.5, 0.6) is 5.75 Å². The van der Waals surface area contributed by atoms with Crippen LogP contribution in [0.2, 0.25) is 0 Å². The second kappa shape index (κ2) is 4.21. The normalized spacial score (nSPS) is 11.6. The zero-order valence-electron chi connectivity index (χ0n) is 10.1. The maximum atomic E-state index is 13.4. The average Bonchev–Trinajstić information content (AvgIpc) is 2.11. The maximum absolute atomic E-state index is 13.4. The van der Waals surface area contributed by atoms with Crippen LogP contribution in [0.3, 0.4) is 0 Å². The van der Waals surface area contributed by atoms with Gasteiger partial charge >= 0.3 is 0 Å². The fraction of sp³-hybridized carbons (Fsp3) is 0.538. The average molecular weight is 210 g/mol. The van der Waals surface area contributed by atoms with Crippen LogP contribution in [-0.4, -0.2) is 6.61 Å². The molecule has 0 aliphatic rings. The number of ether oxygens (including phenoxy) is 1. The van der Waals surface area contributed by atoms with E-state index < -0.39 is 0 Å². The van der Waals surface area contributed by atoms with Crippen molar-refractivity contribution in [2.45, 2.75) is 40.0 Å². The molecule has 2 heteroatoms. The summed E-state index contributed by atoms with van der Waals surface area (Å²) in [6.07, 6.45) is 0. The molecule has 0 aliphatic heterocycles. The molecule has 0 radical (unpaired) electrons. The Balaban J connectivity index is 3.33. The SMILES string of the molecule is CCOc1c(C(C)(C)C)ccc(F)c1C. The molecule has 0 amide bonds. The number of benzene rings is 1. The van der Waals surface area contributed by atoms with Gasteiger partial charge in [0.2, 0.25) is 0 Å². The van der Waals surface area contributed by atoms with Crippen molar-refractivity contribution >= 4 is 0 Å². The summed E-state index contributed by atoms with van der Waals surface area (Å²) in [5.74, 6) is 0.497. The molecule has 0 unspecified atom stereocenters. The Morgan fingerprint density at radius 2 is 1.87 bits per heavy atom. The van der Waals surface area contributed by atoms with E-state index in [0.717, 1.165) is 5.56 Å². The molecule has 1 aromatic carbocycles. The van der Waals surface area contributed by atoms with Crippen molar-refractivity contribution in [2.24, 2.45) is 0 Å². The molecule has 84 valence electrons. The van der Waals surface area contributed by atoms with Crippen LogP contribution in [0.15, 0.2) is 12.1 Å². The van der Waals surface area contributed by atoms with Crippen LogP contribution >= 0.6 is 0 Å². The Morgan fingerprint density at radius 1 is 1.27 bits per heavy atom. The van der Waals surface area contributed by atoms with Gasteiger partial charge in [0, 0.05) is 5.56 Å². The summed E-state index contributed by atoms with van der Waals surface area (Å²) >= 11 is 0. The third-order valence-electron chi connectivity index (χ3n) is 2.44. The molecular formula is C13H19FO. The van der Waals surface area contributed by atoms with E-state index in [1.807, 2.05) is 13.0 Å². The Kier molecular flexibility index (Phi) is 3.38. The van der Waals surface area contributed by atoms with E-state index in [0.29, 0.717) is 17.9 Å². The van der Waals surface area contributed by atoms with E-state index in [4.69, 9.17) is 4.74 Å². The standard InChI is InChI=1S/C13H19FO/c1-6-15-12-9(2)11(14)8-7-10(12)13(3,4)5/h7-8H,6H2,1-5H3. The van der Waals surface area contributed by atoms with E-state index in [1.165, 1.54) is 6.07 Å². The lowest BCUT2D eigenvalue weighted by Gasteiger charge is -2.24. The molecule has 0 bridgehead atoms. The van der Waals surface area contributed by atoms with E-state index >= 15 is 0 Å². The lowest BCUT2D eigenvalue weighted by Crippen LogP contribution is -2.14. The molecular weight excluding hydrogens is 191 g/mol. The van der Waals surface area contributed by atoms with Gasteiger partial charge in [-0.2, -0.15) is 0 Å². The van der Waals surface area contributed by atoms with Crippen molar-refractivity contribution in [3.05, 3.63) is 29.1 Å². The van der Waals surface area contributed by atoms with Gasteiger partial charge < -0.3 is 4.74 Å². The minimum absolute atomic E-state index is 0.0248. The van der Waals surface area contributed by atoms with Gasteiger partial charge in [-0.15, -0.1) is 0 Å². The smallest absolute Gasteiger partial charge is 0.129 e. The van der Waals surface area contributed by atoms with Gasteiger partial charge in [0.05, 0.1) is 6.61 Å². The van der Waals surface area contributed by atoms with Crippen LogP contribution in [0.25, 0.3) is 0 Å². The minimum Gasteiger partial charge on any atom is -0.493 e. The number of hydrogen-bond acceptors (Lipinski definition) is 1. The lowest BCUT2D eigenvalue weighted by molar-refractivity contribution is 0.325. The molecule has 0 aliphatic carbocycles. The highest BCUT2D eigenvalue weighted by molar-refractivity contribution is 5.45. The molecule has 0 atom stereocenters. The molecule has 0 spiro atoms. The third kappa shape index (κ3) is 2.49. The minimum atomic E-state index is -0.202. The molecule has 0 N–H and O–H groups in total. The summed E-state index contributed by atoms with van der Waals surface area (Å²) in [7, 11) is 0. The van der Waals surface area contributed by atoms with Gasteiger partial charge in [-0.1, -0.05) is 26.8 Å². The van der Waals surface area contributed by atoms with Gasteiger partial charge in [-0.25, -0.2) is 4.39 Å². The highest BCUT2D eigenvalue weighted by Gasteiger charge is 2.21. The Morgan fingerprint density at radius 3 is 2.33 bits per heavy atom. The van der Waals surface area contributed by atoms with E-state index in [-0.39, 0.29) is 11.2 Å². The first kappa shape index (κ1) is 12.0. The van der Waals surface area contributed by atoms with Crippen LogP contribution in [0, 0.1) is 12.7 Å². The fourth-order valence-electron chi connectivity index (χ4n) is 1.59. The summed E-state index contributed by atoms with van der Waals surface area (Å²) in [6.45, 7) is 10.5. The first-order valence-electron chi connectivity index (χ1n) is 5.30. The Bertz CT molecular complexity index is 350. The molecule has 15 heavy (non-hydrogen) atoms. The van der Waals surface area contributed by atoms with Gasteiger partial charge in [-0.05, 0) is 30.9 Å². The van der Waals surface area contributed by atoms with E-state index in [2.05, 4.69) is 20.8 Å². The molecule has 0 fully saturated rings. The topological polar surface area (TPSA) is 9.23 Å². The first-order valence-corrected chi connectivity index (χ1v) is 5.30. The van der Waals surface area contributed by atoms with Crippen molar-refractivity contribution in [3.63, 3.8) is 0 Å². The van der Waals surface area contributed by atoms with Gasteiger partial charge in [-0.3, -0.25) is 0 Å². The second-order valence-corrected chi connectivity index (χ2v) is 4.73. The number of rotatable bonds is 2. The second-order valence-electron chi connectivity index (χ2n) is 4.73. The summed E-state index contributed by atoms with van der Waals surface area (Å²) in [5.41, 5.74) is 1.63. The van der Waals surface area contributed by atoms with Crippen molar-refractivity contribution in [1.29, 1.82) is 0 Å². The van der Waals surface area contributed by atoms with Crippen LogP contribution < -0.4 is 4.74 Å². The third-order valence-corrected chi connectivity index (χ3v) is 2.44. The monoisotopic (exact) mass is 210 g/mol. The summed E-state index contributed by atoms with van der Waals surface area (Å²) < 4.78 is 18.9. The number of hydrogen-bond donors (Lipinski definition) is 0. The summed E-state index contributed by atoms with van der Waals surface area (Å²) in [4.78, 5) is 0. The van der Waals surface area contributed by atoms with Crippen LogP contribution in [-0.2, 0) is 5.41 Å². The predicted octanol–water partition coefficient (Wildman–Crippen LogP) is 3.83. The van der Waals surface area contributed by atoms with Gasteiger partial charge in [0.25, 0.3) is 0 Å². The summed E-state index contributed by atoms with van der Waals surface area (Å²) in [5, 5.41) is 0. The van der Waals surface area contributed by atoms with Gasteiger partial charge in [0.15, 0.2) is 0 Å².